The number of aryl methyl sites for hydroxylation is 2. The summed E-state index contributed by atoms with van der Waals surface area (Å²) in [5.41, 5.74) is 5.95. The Morgan fingerprint density at radius 3 is 2.75 bits per heavy atom. The monoisotopic (exact) mass is 369 g/mol. The Kier molecular flexibility index (Phi) is 3.86. The summed E-state index contributed by atoms with van der Waals surface area (Å²) in [6.45, 7) is 4.89. The fraction of sp³-hybridized carbons (Fsp3) is 0.190. The van der Waals surface area contributed by atoms with Gasteiger partial charge in [-0.25, -0.2) is 0 Å². The molecule has 1 aromatic carbocycles. The highest BCUT2D eigenvalue weighted by molar-refractivity contribution is 5.84. The van der Waals surface area contributed by atoms with Gasteiger partial charge in [-0.1, -0.05) is 6.07 Å². The lowest BCUT2D eigenvalue weighted by molar-refractivity contribution is 0.660. The smallest absolute Gasteiger partial charge is 0.177 e. The molecule has 0 saturated carbocycles. The van der Waals surface area contributed by atoms with Gasteiger partial charge in [0.2, 0.25) is 0 Å². The summed E-state index contributed by atoms with van der Waals surface area (Å²) in [5.74, 6) is 0.825. The van der Waals surface area contributed by atoms with Gasteiger partial charge in [0.1, 0.15) is 0 Å². The maximum atomic E-state index is 4.61. The van der Waals surface area contributed by atoms with E-state index in [1.807, 2.05) is 52.9 Å². The van der Waals surface area contributed by atoms with Gasteiger partial charge in [-0.3, -0.25) is 9.67 Å². The topological polar surface area (TPSA) is 73.8 Å². The second-order valence-corrected chi connectivity index (χ2v) is 6.87. The molecule has 0 radical (unpaired) electrons. The van der Waals surface area contributed by atoms with E-state index in [1.165, 1.54) is 0 Å². The van der Waals surface area contributed by atoms with Gasteiger partial charge in [-0.2, -0.15) is 14.7 Å². The van der Waals surface area contributed by atoms with Crippen molar-refractivity contribution in [3.05, 3.63) is 72.1 Å². The van der Waals surface area contributed by atoms with Crippen LogP contribution >= 0.6 is 0 Å². The van der Waals surface area contributed by atoms with Crippen molar-refractivity contribution in [1.29, 1.82) is 0 Å². The highest BCUT2D eigenvalue weighted by Crippen LogP contribution is 2.24. The van der Waals surface area contributed by atoms with Gasteiger partial charge in [0.25, 0.3) is 0 Å². The molecule has 0 amide bonds. The molecule has 0 saturated heterocycles. The Hall–Kier alpha value is -3.61. The second-order valence-electron chi connectivity index (χ2n) is 6.87. The largest absolute Gasteiger partial charge is 0.272 e. The molecule has 5 aromatic rings. The zero-order valence-corrected chi connectivity index (χ0v) is 15.7. The van der Waals surface area contributed by atoms with Crippen LogP contribution in [0.4, 0.5) is 0 Å². The standard InChI is InChI=1S/C21H19N7/c1-3-27-13-18(12-23-27)17-10-16-8-15(5-6-19(16)22-11-17)9-21-25-24-20-7-4-14(2)26-28(20)21/h4-8,10-13H,3,9H2,1-2H3. The molecule has 7 heteroatoms. The number of hydrogen-bond acceptors (Lipinski definition) is 5. The van der Waals surface area contributed by atoms with Crippen LogP contribution in [0.5, 0.6) is 0 Å². The van der Waals surface area contributed by atoms with Crippen molar-refractivity contribution < 1.29 is 0 Å². The van der Waals surface area contributed by atoms with Crippen molar-refractivity contribution in [2.24, 2.45) is 0 Å². The van der Waals surface area contributed by atoms with Crippen molar-refractivity contribution in [2.45, 2.75) is 26.8 Å². The van der Waals surface area contributed by atoms with Crippen LogP contribution in [-0.2, 0) is 13.0 Å². The maximum absolute atomic E-state index is 4.61. The van der Waals surface area contributed by atoms with E-state index in [0.29, 0.717) is 6.42 Å². The summed E-state index contributed by atoms with van der Waals surface area (Å²) in [5, 5.41) is 18.5. The van der Waals surface area contributed by atoms with Crippen LogP contribution in [0.1, 0.15) is 24.0 Å². The van der Waals surface area contributed by atoms with E-state index >= 15 is 0 Å². The highest BCUT2D eigenvalue weighted by Gasteiger charge is 2.09. The lowest BCUT2D eigenvalue weighted by Crippen LogP contribution is -2.01. The Bertz CT molecular complexity index is 1300. The van der Waals surface area contributed by atoms with Crippen molar-refractivity contribution in [2.75, 3.05) is 0 Å². The first-order chi connectivity index (χ1) is 13.7. The van der Waals surface area contributed by atoms with Crippen LogP contribution in [0.15, 0.2) is 55.0 Å². The molecule has 0 atom stereocenters. The van der Waals surface area contributed by atoms with Crippen LogP contribution in [0, 0.1) is 6.92 Å². The number of nitrogens with zero attached hydrogens (tertiary/aromatic N) is 7. The van der Waals surface area contributed by atoms with E-state index in [1.54, 1.807) is 0 Å². The summed E-state index contributed by atoms with van der Waals surface area (Å²) in [6.07, 6.45) is 6.48. The molecule has 0 fully saturated rings. The number of fused-ring (bicyclic) bond motifs is 2. The van der Waals surface area contributed by atoms with Crippen LogP contribution in [0.2, 0.25) is 0 Å². The minimum atomic E-state index is 0.658. The Morgan fingerprint density at radius 2 is 1.89 bits per heavy atom. The van der Waals surface area contributed by atoms with Gasteiger partial charge in [-0.05, 0) is 49.7 Å². The predicted octanol–water partition coefficient (Wildman–Crippen LogP) is 3.46. The number of hydrogen-bond donors (Lipinski definition) is 0. The zero-order valence-electron chi connectivity index (χ0n) is 15.7. The summed E-state index contributed by atoms with van der Waals surface area (Å²) >= 11 is 0. The fourth-order valence-electron chi connectivity index (χ4n) is 3.35. The van der Waals surface area contributed by atoms with Gasteiger partial charge in [-0.15, -0.1) is 10.2 Å². The normalized spacial score (nSPS) is 11.5. The van der Waals surface area contributed by atoms with Crippen LogP contribution in [0.3, 0.4) is 0 Å². The minimum Gasteiger partial charge on any atom is -0.272 e. The molecule has 0 spiro atoms. The van der Waals surface area contributed by atoms with Crippen LogP contribution in [0.25, 0.3) is 27.7 Å². The summed E-state index contributed by atoms with van der Waals surface area (Å²) in [6, 6.07) is 12.3. The zero-order chi connectivity index (χ0) is 19.1. The molecular weight excluding hydrogens is 350 g/mol. The molecule has 4 heterocycles. The second kappa shape index (κ2) is 6.53. The molecule has 0 aliphatic rings. The van der Waals surface area contributed by atoms with E-state index in [0.717, 1.165) is 51.3 Å². The average molecular weight is 369 g/mol. The highest BCUT2D eigenvalue weighted by atomic mass is 15.4. The molecule has 28 heavy (non-hydrogen) atoms. The minimum absolute atomic E-state index is 0.658. The third-order valence-electron chi connectivity index (χ3n) is 4.86. The SMILES string of the molecule is CCn1cc(-c2cnc3ccc(Cc4nnc5ccc(C)nn45)cc3c2)cn1. The van der Waals surface area contributed by atoms with Crippen molar-refractivity contribution in [3.63, 3.8) is 0 Å². The first-order valence-electron chi connectivity index (χ1n) is 9.29. The van der Waals surface area contributed by atoms with Gasteiger partial charge in [0.05, 0.1) is 17.4 Å². The first kappa shape index (κ1) is 16.6. The molecular formula is C21H19N7. The molecule has 0 N–H and O–H groups in total. The first-order valence-corrected chi connectivity index (χ1v) is 9.29. The average Bonchev–Trinajstić information content (AvgIpc) is 3.35. The molecule has 0 unspecified atom stereocenters. The molecule has 0 aliphatic carbocycles. The third kappa shape index (κ3) is 2.90. The van der Waals surface area contributed by atoms with E-state index in [9.17, 15) is 0 Å². The predicted molar refractivity (Wildman–Crippen MR) is 107 cm³/mol. The molecule has 7 nitrogen and oxygen atoms in total. The lowest BCUT2D eigenvalue weighted by Gasteiger charge is -2.05. The molecule has 0 bridgehead atoms. The molecule has 4 aromatic heterocycles. The number of pyridine rings is 1. The lowest BCUT2D eigenvalue weighted by atomic mass is 10.0. The third-order valence-corrected chi connectivity index (χ3v) is 4.86. The summed E-state index contributed by atoms with van der Waals surface area (Å²) < 4.78 is 3.73. The Morgan fingerprint density at radius 1 is 0.964 bits per heavy atom. The number of aromatic nitrogens is 7. The van der Waals surface area contributed by atoms with Gasteiger partial charge in [0.15, 0.2) is 11.5 Å². The van der Waals surface area contributed by atoms with Gasteiger partial charge in [0, 0.05) is 41.9 Å². The summed E-state index contributed by atoms with van der Waals surface area (Å²) in [4.78, 5) is 4.61. The number of rotatable bonds is 4. The van der Waals surface area contributed by atoms with E-state index in [2.05, 4.69) is 50.5 Å². The van der Waals surface area contributed by atoms with Gasteiger partial charge < -0.3 is 0 Å². The van der Waals surface area contributed by atoms with Gasteiger partial charge >= 0.3 is 0 Å². The van der Waals surface area contributed by atoms with Crippen LogP contribution < -0.4 is 0 Å². The quantitative estimate of drug-likeness (QED) is 0.485. The van der Waals surface area contributed by atoms with Crippen LogP contribution in [-0.4, -0.2) is 34.6 Å². The van der Waals surface area contributed by atoms with Crippen molar-refractivity contribution >= 4 is 16.6 Å². The Labute approximate surface area is 161 Å². The van der Waals surface area contributed by atoms with Crippen molar-refractivity contribution in [3.8, 4) is 11.1 Å². The Balaban J connectivity index is 1.52. The molecule has 0 aliphatic heterocycles. The van der Waals surface area contributed by atoms with Crippen molar-refractivity contribution in [1.82, 2.24) is 34.6 Å². The number of benzene rings is 1. The molecule has 5 rings (SSSR count). The fourth-order valence-corrected chi connectivity index (χ4v) is 3.35. The van der Waals surface area contributed by atoms with E-state index in [-0.39, 0.29) is 0 Å². The summed E-state index contributed by atoms with van der Waals surface area (Å²) in [7, 11) is 0. The van der Waals surface area contributed by atoms with E-state index < -0.39 is 0 Å². The maximum Gasteiger partial charge on any atom is 0.177 e. The molecule has 138 valence electrons. The van der Waals surface area contributed by atoms with E-state index in [4.69, 9.17) is 0 Å².